The van der Waals surface area contributed by atoms with Crippen LogP contribution in [-0.4, -0.2) is 28.0 Å². The first kappa shape index (κ1) is 17.9. The van der Waals surface area contributed by atoms with Gasteiger partial charge < -0.3 is 9.42 Å². The second-order valence-electron chi connectivity index (χ2n) is 5.93. The number of rotatable bonds is 5. The second-order valence-corrected chi connectivity index (χ2v) is 6.34. The van der Waals surface area contributed by atoms with E-state index < -0.39 is 0 Å². The number of benzene rings is 2. The van der Waals surface area contributed by atoms with Crippen molar-refractivity contribution in [2.45, 2.75) is 13.5 Å². The maximum Gasteiger partial charge on any atom is 0.246 e. The van der Waals surface area contributed by atoms with Crippen LogP contribution in [0.1, 0.15) is 17.0 Å². The van der Waals surface area contributed by atoms with Crippen LogP contribution in [0.15, 0.2) is 59.1 Å². The van der Waals surface area contributed by atoms with E-state index in [4.69, 9.17) is 16.1 Å². The fourth-order valence-corrected chi connectivity index (χ4v) is 2.60. The van der Waals surface area contributed by atoms with Crippen LogP contribution in [0, 0.1) is 6.92 Å². The molecule has 0 atom stereocenters. The Hall–Kier alpha value is -2.92. The van der Waals surface area contributed by atoms with Gasteiger partial charge in [-0.3, -0.25) is 4.79 Å². The molecule has 0 aliphatic rings. The molecule has 2 aromatic carbocycles. The quantitative estimate of drug-likeness (QED) is 0.628. The number of nitrogens with zero attached hydrogens (tertiary/aromatic N) is 3. The van der Waals surface area contributed by atoms with Crippen LogP contribution >= 0.6 is 11.6 Å². The maximum atomic E-state index is 12.3. The molecule has 0 unspecified atom stereocenters. The molecule has 6 heteroatoms. The Balaban J connectivity index is 1.65. The summed E-state index contributed by atoms with van der Waals surface area (Å²) >= 11 is 6.08. The predicted octanol–water partition coefficient (Wildman–Crippen LogP) is 4.37. The Kier molecular flexibility index (Phi) is 5.49. The number of hydrogen-bond acceptors (Lipinski definition) is 4. The number of carbonyl (C=O) groups is 1. The van der Waals surface area contributed by atoms with E-state index >= 15 is 0 Å². The van der Waals surface area contributed by atoms with Gasteiger partial charge in [0.05, 0.1) is 6.54 Å². The van der Waals surface area contributed by atoms with Gasteiger partial charge in [0.2, 0.25) is 17.6 Å². The topological polar surface area (TPSA) is 59.2 Å². The second kappa shape index (κ2) is 7.97. The first-order chi connectivity index (χ1) is 12.5. The van der Waals surface area contributed by atoms with E-state index in [9.17, 15) is 4.79 Å². The highest BCUT2D eigenvalue weighted by atomic mass is 35.5. The average Bonchev–Trinajstić information content (AvgIpc) is 3.09. The minimum Gasteiger partial charge on any atom is -0.337 e. The molecule has 0 saturated heterocycles. The first-order valence-electron chi connectivity index (χ1n) is 8.10. The predicted molar refractivity (Wildman–Crippen MR) is 101 cm³/mol. The Bertz CT molecular complexity index is 949. The van der Waals surface area contributed by atoms with E-state index in [2.05, 4.69) is 10.1 Å². The third kappa shape index (κ3) is 4.37. The summed E-state index contributed by atoms with van der Waals surface area (Å²) in [6.45, 7) is 2.23. The fourth-order valence-electron chi connectivity index (χ4n) is 2.40. The van der Waals surface area contributed by atoms with Crippen molar-refractivity contribution in [2.75, 3.05) is 7.05 Å². The van der Waals surface area contributed by atoms with Gasteiger partial charge in [0, 0.05) is 23.7 Å². The first-order valence-corrected chi connectivity index (χ1v) is 8.48. The molecule has 1 heterocycles. The van der Waals surface area contributed by atoms with Gasteiger partial charge in [0.25, 0.3) is 0 Å². The summed E-state index contributed by atoms with van der Waals surface area (Å²) < 4.78 is 5.26. The van der Waals surface area contributed by atoms with Crippen LogP contribution in [-0.2, 0) is 11.3 Å². The van der Waals surface area contributed by atoms with Crippen molar-refractivity contribution in [1.82, 2.24) is 15.0 Å². The van der Waals surface area contributed by atoms with Crippen molar-refractivity contribution < 1.29 is 9.32 Å². The smallest absolute Gasteiger partial charge is 0.246 e. The molecule has 1 amide bonds. The molecule has 0 radical (unpaired) electrons. The molecule has 0 saturated carbocycles. The summed E-state index contributed by atoms with van der Waals surface area (Å²) in [6, 6.07) is 15.2. The van der Waals surface area contributed by atoms with Crippen molar-refractivity contribution in [1.29, 1.82) is 0 Å². The van der Waals surface area contributed by atoms with Crippen LogP contribution in [0.25, 0.3) is 17.5 Å². The highest BCUT2D eigenvalue weighted by Gasteiger charge is 2.13. The Labute approximate surface area is 156 Å². The third-order valence-electron chi connectivity index (χ3n) is 3.80. The molecule has 0 bridgehead atoms. The molecule has 0 fully saturated rings. The Morgan fingerprint density at radius 2 is 2.04 bits per heavy atom. The zero-order valence-electron chi connectivity index (χ0n) is 14.5. The van der Waals surface area contributed by atoms with Crippen LogP contribution in [0.2, 0.25) is 5.02 Å². The molecular formula is C20H18ClN3O2. The third-order valence-corrected chi connectivity index (χ3v) is 4.15. The summed E-state index contributed by atoms with van der Waals surface area (Å²) in [5.74, 6) is 0.708. The molecule has 0 N–H and O–H groups in total. The molecule has 26 heavy (non-hydrogen) atoms. The molecule has 0 aliphatic carbocycles. The van der Waals surface area contributed by atoms with Gasteiger partial charge in [0.1, 0.15) is 0 Å². The lowest BCUT2D eigenvalue weighted by Gasteiger charge is -2.11. The monoisotopic (exact) mass is 367 g/mol. The summed E-state index contributed by atoms with van der Waals surface area (Å²) in [5.41, 5.74) is 2.79. The van der Waals surface area contributed by atoms with Gasteiger partial charge in [-0.1, -0.05) is 58.7 Å². The zero-order valence-corrected chi connectivity index (χ0v) is 15.3. The fraction of sp³-hybridized carbons (Fsp3) is 0.150. The number of hydrogen-bond donors (Lipinski definition) is 0. The number of aromatic nitrogens is 2. The number of aryl methyl sites for hydroxylation is 1. The zero-order chi connectivity index (χ0) is 18.5. The molecule has 3 rings (SSSR count). The molecule has 132 valence electrons. The molecule has 0 aliphatic heterocycles. The lowest BCUT2D eigenvalue weighted by molar-refractivity contribution is -0.125. The summed E-state index contributed by atoms with van der Waals surface area (Å²) in [5, 5.41) is 4.58. The van der Waals surface area contributed by atoms with Crippen molar-refractivity contribution >= 4 is 23.6 Å². The number of carbonyl (C=O) groups excluding carboxylic acids is 1. The lowest BCUT2D eigenvalue weighted by atomic mass is 10.1. The van der Waals surface area contributed by atoms with Crippen LogP contribution in [0.5, 0.6) is 0 Å². The lowest BCUT2D eigenvalue weighted by Crippen LogP contribution is -2.24. The Morgan fingerprint density at radius 3 is 2.81 bits per heavy atom. The number of amides is 1. The van der Waals surface area contributed by atoms with E-state index in [-0.39, 0.29) is 12.5 Å². The van der Waals surface area contributed by atoms with Crippen molar-refractivity contribution in [3.8, 4) is 11.4 Å². The van der Waals surface area contributed by atoms with Gasteiger partial charge in [-0.05, 0) is 30.7 Å². The Morgan fingerprint density at radius 1 is 1.23 bits per heavy atom. The van der Waals surface area contributed by atoms with Gasteiger partial charge in [-0.2, -0.15) is 4.98 Å². The highest BCUT2D eigenvalue weighted by molar-refractivity contribution is 6.32. The van der Waals surface area contributed by atoms with Crippen molar-refractivity contribution in [2.24, 2.45) is 0 Å². The minimum atomic E-state index is -0.180. The molecule has 3 aromatic rings. The SMILES string of the molecule is Cc1cccc(-c2noc(CN(C)C(=O)/C=C/c3ccccc3Cl)n2)c1. The summed E-state index contributed by atoms with van der Waals surface area (Å²) in [7, 11) is 1.68. The van der Waals surface area contributed by atoms with Crippen LogP contribution in [0.4, 0.5) is 0 Å². The van der Waals surface area contributed by atoms with Crippen LogP contribution in [0.3, 0.4) is 0 Å². The summed E-state index contributed by atoms with van der Waals surface area (Å²) in [4.78, 5) is 18.1. The van der Waals surface area contributed by atoms with E-state index in [0.717, 1.165) is 16.7 Å². The average molecular weight is 368 g/mol. The van der Waals surface area contributed by atoms with Crippen molar-refractivity contribution in [3.63, 3.8) is 0 Å². The van der Waals surface area contributed by atoms with Gasteiger partial charge in [-0.15, -0.1) is 0 Å². The number of likely N-dealkylation sites (N-methyl/N-ethyl adjacent to an activating group) is 1. The van der Waals surface area contributed by atoms with E-state index in [1.807, 2.05) is 49.4 Å². The normalized spacial score (nSPS) is 11.0. The summed E-state index contributed by atoms with van der Waals surface area (Å²) in [6.07, 6.45) is 3.16. The van der Waals surface area contributed by atoms with Gasteiger partial charge in [0.15, 0.2) is 0 Å². The van der Waals surface area contributed by atoms with Gasteiger partial charge in [-0.25, -0.2) is 0 Å². The standard InChI is InChI=1S/C20H18ClN3O2/c1-14-6-5-8-16(12-14)20-22-18(26-23-20)13-24(2)19(25)11-10-15-7-3-4-9-17(15)21/h3-12H,13H2,1-2H3/b11-10+. The van der Waals surface area contributed by atoms with E-state index in [1.165, 1.54) is 11.0 Å². The van der Waals surface area contributed by atoms with Gasteiger partial charge >= 0.3 is 0 Å². The molecule has 5 nitrogen and oxygen atoms in total. The highest BCUT2D eigenvalue weighted by Crippen LogP contribution is 2.18. The van der Waals surface area contributed by atoms with E-state index in [0.29, 0.717) is 16.7 Å². The molecule has 0 spiro atoms. The van der Waals surface area contributed by atoms with Crippen LogP contribution < -0.4 is 0 Å². The van der Waals surface area contributed by atoms with E-state index in [1.54, 1.807) is 19.2 Å². The molecule has 1 aromatic heterocycles. The van der Waals surface area contributed by atoms with Crippen molar-refractivity contribution in [3.05, 3.63) is 76.6 Å². The number of halogens is 1. The minimum absolute atomic E-state index is 0.180. The maximum absolute atomic E-state index is 12.3. The molecular weight excluding hydrogens is 350 g/mol. The largest absolute Gasteiger partial charge is 0.337 e.